The van der Waals surface area contributed by atoms with E-state index in [0.29, 0.717) is 17.6 Å². The smallest absolute Gasteiger partial charge is 0.257 e. The van der Waals surface area contributed by atoms with Crippen LogP contribution in [0.2, 0.25) is 0 Å². The number of benzene rings is 2. The number of amides is 1. The molecule has 0 spiro atoms. The predicted octanol–water partition coefficient (Wildman–Crippen LogP) is 5.62. The van der Waals surface area contributed by atoms with E-state index >= 15 is 0 Å². The number of anilines is 1. The van der Waals surface area contributed by atoms with Crippen molar-refractivity contribution in [3.05, 3.63) is 60.2 Å². The second-order valence-electron chi connectivity index (χ2n) is 6.33. The minimum Gasteiger partial charge on any atom is -0.361 e. The molecule has 0 atom stereocenters. The Morgan fingerprint density at radius 1 is 1.11 bits per heavy atom. The summed E-state index contributed by atoms with van der Waals surface area (Å²) in [6.45, 7) is 4.00. The quantitative estimate of drug-likeness (QED) is 0.446. The van der Waals surface area contributed by atoms with Gasteiger partial charge in [0, 0.05) is 32.7 Å². The molecule has 0 aliphatic heterocycles. The van der Waals surface area contributed by atoms with Gasteiger partial charge in [-0.2, -0.15) is 18.2 Å². The molecule has 1 N–H and O–H groups in total. The number of carbonyl (C=O) groups excluding carboxylic acids is 1. The molecule has 1 amide bonds. The van der Waals surface area contributed by atoms with Crippen LogP contribution in [-0.4, -0.2) is 15.5 Å². The number of imidazole rings is 1. The van der Waals surface area contributed by atoms with E-state index in [1.165, 1.54) is 19.3 Å². The Morgan fingerprint density at radius 2 is 1.81 bits per heavy atom. The summed E-state index contributed by atoms with van der Waals surface area (Å²) in [7, 11) is 0. The minimum absolute atomic E-state index is 0. The molecule has 4 nitrogen and oxygen atoms in total. The van der Waals surface area contributed by atoms with Crippen LogP contribution in [-0.2, 0) is 21.1 Å². The van der Waals surface area contributed by atoms with Crippen molar-refractivity contribution < 1.29 is 25.9 Å². The van der Waals surface area contributed by atoms with E-state index in [4.69, 9.17) is 0 Å². The summed E-state index contributed by atoms with van der Waals surface area (Å²) in [6.07, 6.45) is 6.02. The van der Waals surface area contributed by atoms with E-state index in [9.17, 15) is 4.79 Å². The number of nitrogens with zero attached hydrogens (tertiary/aromatic N) is 2. The third kappa shape index (κ3) is 4.87. The molecule has 0 radical (unpaired) electrons. The van der Waals surface area contributed by atoms with E-state index in [1.807, 2.05) is 62.4 Å². The maximum absolute atomic E-state index is 12.6. The Hall–Kier alpha value is -1.93. The molecule has 1 aliphatic rings. The van der Waals surface area contributed by atoms with Gasteiger partial charge in [0.05, 0.1) is 0 Å². The van der Waals surface area contributed by atoms with Gasteiger partial charge in [-0.1, -0.05) is 51.3 Å². The number of carbonyl (C=O) groups is 1. The zero-order valence-corrected chi connectivity index (χ0v) is 18.9. The van der Waals surface area contributed by atoms with Crippen molar-refractivity contribution in [2.24, 2.45) is 0 Å². The van der Waals surface area contributed by atoms with Crippen molar-refractivity contribution in [3.8, 4) is 0 Å². The number of fused-ring (bicyclic) bond motifs is 1. The van der Waals surface area contributed by atoms with E-state index < -0.39 is 0 Å². The molecule has 0 unspecified atom stereocenters. The van der Waals surface area contributed by atoms with Crippen molar-refractivity contribution in [2.75, 3.05) is 5.32 Å². The second kappa shape index (κ2) is 10.4. The molecule has 2 aromatic carbocycles. The van der Waals surface area contributed by atoms with Crippen molar-refractivity contribution in [2.45, 2.75) is 52.0 Å². The fourth-order valence-corrected chi connectivity index (χ4v) is 3.54. The summed E-state index contributed by atoms with van der Waals surface area (Å²) < 4.78 is 2.20. The van der Waals surface area contributed by atoms with Gasteiger partial charge in [0.25, 0.3) is 5.91 Å². The minimum atomic E-state index is -0.119. The maximum atomic E-state index is 12.6. The molecule has 0 saturated heterocycles. The fourth-order valence-electron chi connectivity index (χ4n) is 3.54. The second-order valence-corrected chi connectivity index (χ2v) is 6.33. The van der Waals surface area contributed by atoms with Crippen LogP contribution in [0.1, 0.15) is 62.4 Å². The molecule has 142 valence electrons. The van der Waals surface area contributed by atoms with Crippen LogP contribution in [0.25, 0.3) is 11.0 Å². The van der Waals surface area contributed by atoms with Crippen molar-refractivity contribution in [1.29, 1.82) is 0 Å². The van der Waals surface area contributed by atoms with Gasteiger partial charge in [-0.25, -0.2) is 4.98 Å². The van der Waals surface area contributed by atoms with Crippen molar-refractivity contribution >= 4 is 22.9 Å². The Labute approximate surface area is 175 Å². The first-order valence-corrected chi connectivity index (χ1v) is 9.57. The largest absolute Gasteiger partial charge is 0.361 e. The number of aromatic nitrogens is 2. The van der Waals surface area contributed by atoms with Crippen LogP contribution in [0, 0.1) is 6.07 Å². The molecule has 1 saturated carbocycles. The van der Waals surface area contributed by atoms with E-state index in [-0.39, 0.29) is 27.0 Å². The first-order chi connectivity index (χ1) is 12.8. The van der Waals surface area contributed by atoms with E-state index in [1.54, 1.807) is 0 Å². The van der Waals surface area contributed by atoms with Crippen molar-refractivity contribution in [3.63, 3.8) is 0 Å². The van der Waals surface area contributed by atoms with Gasteiger partial charge in [-0.05, 0) is 36.0 Å². The monoisotopic (exact) mass is 532 g/mol. The van der Waals surface area contributed by atoms with Crippen LogP contribution < -0.4 is 5.32 Å². The molecule has 0 bridgehead atoms. The third-order valence-electron chi connectivity index (χ3n) is 4.74. The van der Waals surface area contributed by atoms with E-state index in [0.717, 1.165) is 23.9 Å². The summed E-state index contributed by atoms with van der Waals surface area (Å²) in [4.78, 5) is 17.2. The van der Waals surface area contributed by atoms with Crippen LogP contribution in [0.15, 0.2) is 48.5 Å². The Morgan fingerprint density at radius 3 is 2.52 bits per heavy atom. The third-order valence-corrected chi connectivity index (χ3v) is 4.74. The summed E-state index contributed by atoms with van der Waals surface area (Å²) in [5, 5.41) is 3.01. The predicted molar refractivity (Wildman–Crippen MR) is 106 cm³/mol. The van der Waals surface area contributed by atoms with Gasteiger partial charge in [-0.15, -0.1) is 6.07 Å². The molecular weight excluding hydrogens is 506 g/mol. The van der Waals surface area contributed by atoms with Gasteiger partial charge in [0.15, 0.2) is 5.95 Å². The number of nitrogens with one attached hydrogen (secondary N) is 1. The average Bonchev–Trinajstić information content (AvgIpc) is 3.08. The maximum Gasteiger partial charge on any atom is 0.257 e. The van der Waals surface area contributed by atoms with Crippen LogP contribution in [0.4, 0.5) is 5.95 Å². The number of hydrogen-bond acceptors (Lipinski definition) is 2. The average molecular weight is 532 g/mol. The number of hydrogen-bond donors (Lipinski definition) is 1. The Balaban J connectivity index is 0.000000844. The van der Waals surface area contributed by atoms with Gasteiger partial charge < -0.3 is 4.57 Å². The molecule has 1 heterocycles. The molecular formula is C22H26N3OW-. The summed E-state index contributed by atoms with van der Waals surface area (Å²) in [6, 6.07) is 18.6. The molecule has 4 rings (SSSR count). The fraction of sp³-hybridized carbons (Fsp3) is 0.364. The van der Waals surface area contributed by atoms with Gasteiger partial charge in [0.1, 0.15) is 0 Å². The molecule has 5 heteroatoms. The standard InChI is InChI=1S/C20H20N3O.C2H6.W/c24-19(15-9-3-1-4-10-15)22-20-21-17-13-7-8-14-18(17)23(20)16-11-5-2-6-12-16;1-2;/h1,3-4,7,9-10,13-14,16H,2,5-6,11-12H2,(H,21,22,24);1-2H3;/q-1;;. The van der Waals surface area contributed by atoms with Crippen LogP contribution in [0.5, 0.6) is 0 Å². The van der Waals surface area contributed by atoms with Crippen LogP contribution >= 0.6 is 0 Å². The molecule has 27 heavy (non-hydrogen) atoms. The van der Waals surface area contributed by atoms with Crippen LogP contribution in [0.3, 0.4) is 0 Å². The van der Waals surface area contributed by atoms with E-state index in [2.05, 4.69) is 20.9 Å². The first kappa shape index (κ1) is 21.4. The summed E-state index contributed by atoms with van der Waals surface area (Å²) >= 11 is 0. The first-order valence-electron chi connectivity index (χ1n) is 9.57. The normalized spacial score (nSPS) is 14.0. The van der Waals surface area contributed by atoms with Crippen molar-refractivity contribution in [1.82, 2.24) is 9.55 Å². The van der Waals surface area contributed by atoms with Gasteiger partial charge in [-0.3, -0.25) is 10.1 Å². The molecule has 3 aromatic rings. The summed E-state index contributed by atoms with van der Waals surface area (Å²) in [5.41, 5.74) is 2.60. The Kier molecular flexibility index (Phi) is 8.24. The molecule has 1 fully saturated rings. The number of rotatable bonds is 3. The topological polar surface area (TPSA) is 46.9 Å². The summed E-state index contributed by atoms with van der Waals surface area (Å²) in [5.74, 6) is 0.525. The zero-order chi connectivity index (χ0) is 18.4. The Bertz CT molecular complexity index is 854. The SMILES string of the molecule is CC.O=C(Nc1nc2cc[c-]cc2n1C1CCCCC1)c1ccccc1.[W]. The zero-order valence-electron chi connectivity index (χ0n) is 15.9. The van der Waals surface area contributed by atoms with Gasteiger partial charge >= 0.3 is 0 Å². The van der Waals surface area contributed by atoms with Gasteiger partial charge in [0.2, 0.25) is 0 Å². The molecule has 1 aromatic heterocycles. The molecule has 1 aliphatic carbocycles.